The van der Waals surface area contributed by atoms with E-state index in [1.165, 1.54) is 44.6 Å². The summed E-state index contributed by atoms with van der Waals surface area (Å²) in [5, 5.41) is 7.25. The maximum atomic E-state index is 2.65. The first-order chi connectivity index (χ1) is 12.3. The standard InChI is InChI=1S/C24H40Si2/c1-8-11-18-22-20(4)25(5,6)23(19-12-9-2)24(22)26(7,10-3)21-16-14-13-15-17-21/h13-17H,8-12,18-19H2,1-7H3. The molecule has 0 bridgehead atoms. The van der Waals surface area contributed by atoms with Crippen molar-refractivity contribution in [3.05, 3.63) is 51.5 Å². The summed E-state index contributed by atoms with van der Waals surface area (Å²) in [6, 6.07) is 12.8. The van der Waals surface area contributed by atoms with Gasteiger partial charge in [-0.15, -0.1) is 0 Å². The van der Waals surface area contributed by atoms with E-state index in [0.717, 1.165) is 0 Å². The Morgan fingerprint density at radius 2 is 1.46 bits per heavy atom. The number of hydrogen-bond donors (Lipinski definition) is 0. The molecule has 0 N–H and O–H groups in total. The molecular formula is C24H40Si2. The van der Waals surface area contributed by atoms with Crippen molar-refractivity contribution in [2.75, 3.05) is 0 Å². The zero-order chi connectivity index (χ0) is 19.4. The molecule has 0 nitrogen and oxygen atoms in total. The van der Waals surface area contributed by atoms with Gasteiger partial charge in [-0.1, -0.05) is 122 Å². The molecule has 1 aliphatic heterocycles. The van der Waals surface area contributed by atoms with Crippen LogP contribution in [0.5, 0.6) is 0 Å². The van der Waals surface area contributed by atoms with Crippen LogP contribution in [-0.2, 0) is 0 Å². The summed E-state index contributed by atoms with van der Waals surface area (Å²) >= 11 is 0. The zero-order valence-corrected chi connectivity index (χ0v) is 20.3. The summed E-state index contributed by atoms with van der Waals surface area (Å²) in [5.74, 6) is 0. The van der Waals surface area contributed by atoms with Crippen LogP contribution in [0.3, 0.4) is 0 Å². The highest BCUT2D eigenvalue weighted by Crippen LogP contribution is 2.47. The third kappa shape index (κ3) is 3.87. The number of rotatable bonds is 9. The molecule has 0 fully saturated rings. The minimum atomic E-state index is -1.67. The quantitative estimate of drug-likeness (QED) is 0.391. The van der Waals surface area contributed by atoms with E-state index in [2.05, 4.69) is 77.7 Å². The molecule has 1 aromatic rings. The Hall–Kier alpha value is -0.866. The molecule has 0 saturated carbocycles. The Morgan fingerprint density at radius 1 is 0.885 bits per heavy atom. The fraction of sp³-hybridized carbons (Fsp3) is 0.583. The third-order valence-electron chi connectivity index (χ3n) is 6.98. The smallest absolute Gasteiger partial charge is 0.0764 e. The lowest BCUT2D eigenvalue weighted by atomic mass is 10.1. The van der Waals surface area contributed by atoms with Gasteiger partial charge in [0, 0.05) is 0 Å². The van der Waals surface area contributed by atoms with Crippen molar-refractivity contribution in [3.63, 3.8) is 0 Å². The van der Waals surface area contributed by atoms with E-state index in [1.54, 1.807) is 16.0 Å². The van der Waals surface area contributed by atoms with Crippen LogP contribution in [0.25, 0.3) is 0 Å². The van der Waals surface area contributed by atoms with Crippen molar-refractivity contribution in [1.82, 2.24) is 0 Å². The molecule has 1 heterocycles. The van der Waals surface area contributed by atoms with Gasteiger partial charge in [0.2, 0.25) is 0 Å². The van der Waals surface area contributed by atoms with E-state index < -0.39 is 16.1 Å². The van der Waals surface area contributed by atoms with Crippen molar-refractivity contribution in [1.29, 1.82) is 0 Å². The molecule has 0 aromatic heterocycles. The second-order valence-electron chi connectivity index (χ2n) is 8.84. The summed E-state index contributed by atoms with van der Waals surface area (Å²) in [7, 11) is -3.12. The van der Waals surface area contributed by atoms with Gasteiger partial charge in [0.05, 0.1) is 0 Å². The first-order valence-electron chi connectivity index (χ1n) is 10.8. The highest BCUT2D eigenvalue weighted by Gasteiger charge is 2.45. The average molecular weight is 385 g/mol. The molecule has 1 aliphatic rings. The van der Waals surface area contributed by atoms with E-state index >= 15 is 0 Å². The van der Waals surface area contributed by atoms with Gasteiger partial charge in [0.1, 0.15) is 16.1 Å². The van der Waals surface area contributed by atoms with E-state index in [1.807, 2.05) is 10.4 Å². The van der Waals surface area contributed by atoms with Gasteiger partial charge in [-0.2, -0.15) is 0 Å². The third-order valence-corrected chi connectivity index (χ3v) is 16.1. The molecular weight excluding hydrogens is 344 g/mol. The summed E-state index contributed by atoms with van der Waals surface area (Å²) in [5.41, 5.74) is 1.80. The van der Waals surface area contributed by atoms with Crippen LogP contribution in [-0.4, -0.2) is 16.1 Å². The van der Waals surface area contributed by atoms with Crippen LogP contribution in [0.4, 0.5) is 0 Å². The molecule has 1 unspecified atom stereocenters. The predicted octanol–water partition coefficient (Wildman–Crippen LogP) is 7.33. The molecule has 0 amide bonds. The maximum absolute atomic E-state index is 2.65. The van der Waals surface area contributed by atoms with E-state index in [-0.39, 0.29) is 0 Å². The molecule has 1 atom stereocenters. The summed E-state index contributed by atoms with van der Waals surface area (Å²) in [4.78, 5) is 0. The predicted molar refractivity (Wildman–Crippen MR) is 124 cm³/mol. The van der Waals surface area contributed by atoms with E-state index in [4.69, 9.17) is 0 Å². The average Bonchev–Trinajstić information content (AvgIpc) is 2.84. The Kier molecular flexibility index (Phi) is 7.32. The van der Waals surface area contributed by atoms with Crippen LogP contribution in [0.2, 0.25) is 25.7 Å². The van der Waals surface area contributed by atoms with Crippen molar-refractivity contribution in [3.8, 4) is 0 Å². The van der Waals surface area contributed by atoms with Crippen molar-refractivity contribution in [2.45, 2.75) is 91.9 Å². The Morgan fingerprint density at radius 3 is 2.00 bits per heavy atom. The molecule has 0 spiro atoms. The normalized spacial score (nSPS) is 19.2. The van der Waals surface area contributed by atoms with Gasteiger partial charge in [-0.05, 0) is 26.2 Å². The lowest BCUT2D eigenvalue weighted by Gasteiger charge is -2.33. The van der Waals surface area contributed by atoms with Gasteiger partial charge in [0.15, 0.2) is 0 Å². The second-order valence-corrected chi connectivity index (χ2v) is 17.9. The lowest BCUT2D eigenvalue weighted by Crippen LogP contribution is -2.47. The minimum Gasteiger partial charge on any atom is -0.0764 e. The number of unbranched alkanes of at least 4 members (excludes halogenated alkanes) is 2. The SMILES string of the molecule is CCCCC1=C(C)[Si](C)(C)C(CCCC)=C1[Si](C)(CC)c1ccccc1. The highest BCUT2D eigenvalue weighted by molar-refractivity contribution is 7.02. The highest BCUT2D eigenvalue weighted by atomic mass is 28.3. The first kappa shape index (κ1) is 21.4. The van der Waals surface area contributed by atoms with Gasteiger partial charge in [-0.25, -0.2) is 0 Å². The molecule has 2 rings (SSSR count). The molecule has 0 radical (unpaired) electrons. The summed E-state index contributed by atoms with van der Waals surface area (Å²) in [6.45, 7) is 17.5. The molecule has 0 aliphatic carbocycles. The fourth-order valence-electron chi connectivity index (χ4n) is 4.74. The van der Waals surface area contributed by atoms with Crippen molar-refractivity contribution >= 4 is 21.3 Å². The van der Waals surface area contributed by atoms with Crippen LogP contribution in [0.15, 0.2) is 51.5 Å². The van der Waals surface area contributed by atoms with Crippen molar-refractivity contribution in [2.24, 2.45) is 0 Å². The van der Waals surface area contributed by atoms with E-state index in [9.17, 15) is 0 Å². The summed E-state index contributed by atoms with van der Waals surface area (Å²) in [6.07, 6.45) is 7.94. The molecule has 2 heteroatoms. The second kappa shape index (κ2) is 8.88. The zero-order valence-electron chi connectivity index (χ0n) is 18.3. The monoisotopic (exact) mass is 384 g/mol. The molecule has 0 saturated heterocycles. The maximum Gasteiger partial charge on any atom is 0.114 e. The van der Waals surface area contributed by atoms with Gasteiger partial charge < -0.3 is 0 Å². The number of hydrogen-bond acceptors (Lipinski definition) is 0. The van der Waals surface area contributed by atoms with Gasteiger partial charge >= 0.3 is 0 Å². The van der Waals surface area contributed by atoms with Crippen LogP contribution in [0.1, 0.15) is 66.2 Å². The Bertz CT molecular complexity index is 667. The van der Waals surface area contributed by atoms with E-state index in [0.29, 0.717) is 0 Å². The van der Waals surface area contributed by atoms with Crippen LogP contribution >= 0.6 is 0 Å². The Labute approximate surface area is 164 Å². The van der Waals surface area contributed by atoms with Crippen LogP contribution < -0.4 is 5.19 Å². The first-order valence-corrected chi connectivity index (χ1v) is 16.5. The van der Waals surface area contributed by atoms with Gasteiger partial charge in [0.25, 0.3) is 0 Å². The molecule has 26 heavy (non-hydrogen) atoms. The number of benzene rings is 1. The van der Waals surface area contributed by atoms with Crippen molar-refractivity contribution < 1.29 is 0 Å². The molecule has 1 aromatic carbocycles. The van der Waals surface area contributed by atoms with Crippen LogP contribution in [0, 0.1) is 0 Å². The minimum absolute atomic E-state index is 1.30. The number of allylic oxidation sites excluding steroid dienone is 4. The Balaban J connectivity index is 2.69. The largest absolute Gasteiger partial charge is 0.114 e. The fourth-order valence-corrected chi connectivity index (χ4v) is 13.4. The lowest BCUT2D eigenvalue weighted by molar-refractivity contribution is 0.787. The topological polar surface area (TPSA) is 0 Å². The summed E-state index contributed by atoms with van der Waals surface area (Å²) < 4.78 is 0. The molecule has 144 valence electrons. The van der Waals surface area contributed by atoms with Gasteiger partial charge in [-0.3, -0.25) is 0 Å².